The summed E-state index contributed by atoms with van der Waals surface area (Å²) in [6.45, 7) is 0. The lowest BCUT2D eigenvalue weighted by molar-refractivity contribution is 0.0697. The molecule has 0 amide bonds. The molecule has 0 bridgehead atoms. The molecule has 0 radical (unpaired) electrons. The number of hydrogen-bond acceptors (Lipinski definition) is 3. The van der Waals surface area contributed by atoms with E-state index in [1.54, 1.807) is 17.5 Å². The largest absolute Gasteiger partial charge is 0.478 e. The Hall–Kier alpha value is -1.88. The van der Waals surface area contributed by atoms with E-state index in [-0.39, 0.29) is 10.4 Å². The zero-order valence-electron chi connectivity index (χ0n) is 7.56. The highest BCUT2D eigenvalue weighted by Crippen LogP contribution is 2.17. The number of carboxylic acids is 1. The maximum Gasteiger partial charge on any atom is 0.335 e. The summed E-state index contributed by atoms with van der Waals surface area (Å²) in [6, 6.07) is 6.35. The number of benzene rings is 1. The summed E-state index contributed by atoms with van der Waals surface area (Å²) in [5.74, 6) is -0.958. The van der Waals surface area contributed by atoms with Gasteiger partial charge in [-0.2, -0.15) is 0 Å². The van der Waals surface area contributed by atoms with Crippen LogP contribution in [0.15, 0.2) is 34.4 Å². The molecule has 4 nitrogen and oxygen atoms in total. The van der Waals surface area contributed by atoms with Crippen LogP contribution >= 0.6 is 11.3 Å². The minimum atomic E-state index is -0.958. The third-order valence-electron chi connectivity index (χ3n) is 1.96. The second kappa shape index (κ2) is 3.70. The van der Waals surface area contributed by atoms with Crippen molar-refractivity contribution in [1.29, 1.82) is 0 Å². The van der Waals surface area contributed by atoms with Crippen molar-refractivity contribution in [3.05, 3.63) is 44.9 Å². The molecule has 0 aliphatic rings. The second-order valence-electron chi connectivity index (χ2n) is 2.94. The molecule has 0 aliphatic carbocycles. The van der Waals surface area contributed by atoms with Crippen molar-refractivity contribution >= 4 is 17.3 Å². The number of aromatic amines is 1. The zero-order valence-corrected chi connectivity index (χ0v) is 8.38. The summed E-state index contributed by atoms with van der Waals surface area (Å²) in [5, 5.41) is 10.4. The summed E-state index contributed by atoms with van der Waals surface area (Å²) in [4.78, 5) is 24.0. The first-order chi connectivity index (χ1) is 7.16. The van der Waals surface area contributed by atoms with Gasteiger partial charge < -0.3 is 10.1 Å². The SMILES string of the molecule is O=C(O)c1ccc(-c2csc(=O)[nH]2)cc1. The van der Waals surface area contributed by atoms with Crippen LogP contribution < -0.4 is 4.87 Å². The Morgan fingerprint density at radius 2 is 1.93 bits per heavy atom. The van der Waals surface area contributed by atoms with E-state index in [2.05, 4.69) is 4.98 Å². The average Bonchev–Trinajstić information content (AvgIpc) is 2.65. The number of nitrogens with one attached hydrogen (secondary N) is 1. The van der Waals surface area contributed by atoms with Gasteiger partial charge in [0.1, 0.15) is 0 Å². The van der Waals surface area contributed by atoms with Crippen LogP contribution in [0.4, 0.5) is 0 Å². The molecular weight excluding hydrogens is 214 g/mol. The Bertz CT molecular complexity index is 538. The monoisotopic (exact) mass is 221 g/mol. The number of carbonyl (C=O) groups is 1. The summed E-state index contributed by atoms with van der Waals surface area (Å²) < 4.78 is 0. The molecule has 1 aromatic heterocycles. The predicted molar refractivity (Wildman–Crippen MR) is 57.3 cm³/mol. The van der Waals surface area contributed by atoms with E-state index in [4.69, 9.17) is 5.11 Å². The molecule has 2 rings (SSSR count). The van der Waals surface area contributed by atoms with E-state index >= 15 is 0 Å². The van der Waals surface area contributed by atoms with Gasteiger partial charge in [0, 0.05) is 5.38 Å². The quantitative estimate of drug-likeness (QED) is 0.812. The molecule has 2 N–H and O–H groups in total. The van der Waals surface area contributed by atoms with Gasteiger partial charge in [0.05, 0.1) is 11.3 Å². The highest BCUT2D eigenvalue weighted by Gasteiger charge is 2.04. The molecule has 0 aliphatic heterocycles. The van der Waals surface area contributed by atoms with E-state index < -0.39 is 5.97 Å². The van der Waals surface area contributed by atoms with Crippen LogP contribution in [0.1, 0.15) is 10.4 Å². The molecule has 76 valence electrons. The number of H-pyrrole nitrogens is 1. The fraction of sp³-hybridized carbons (Fsp3) is 0. The van der Waals surface area contributed by atoms with Crippen molar-refractivity contribution in [2.24, 2.45) is 0 Å². The first kappa shape index (κ1) is 9.67. The Kier molecular flexibility index (Phi) is 2.39. The summed E-state index contributed by atoms with van der Waals surface area (Å²) in [7, 11) is 0. The standard InChI is InChI=1S/C10H7NO3S/c12-9(13)7-3-1-6(2-4-7)8-5-15-10(14)11-8/h1-5H,(H,11,14)(H,12,13). The lowest BCUT2D eigenvalue weighted by Crippen LogP contribution is -1.96. The lowest BCUT2D eigenvalue weighted by Gasteiger charge is -1.97. The number of thiazole rings is 1. The van der Waals surface area contributed by atoms with Crippen molar-refractivity contribution in [3.63, 3.8) is 0 Å². The number of rotatable bonds is 2. The molecule has 1 aromatic carbocycles. The molecule has 2 aromatic rings. The van der Waals surface area contributed by atoms with Gasteiger partial charge in [0.25, 0.3) is 0 Å². The highest BCUT2D eigenvalue weighted by molar-refractivity contribution is 7.07. The van der Waals surface area contributed by atoms with Crippen LogP contribution in [0, 0.1) is 0 Å². The van der Waals surface area contributed by atoms with Crippen molar-refractivity contribution < 1.29 is 9.90 Å². The van der Waals surface area contributed by atoms with Crippen LogP contribution in [0.5, 0.6) is 0 Å². The number of carboxylic acid groups (broad SMARTS) is 1. The molecule has 15 heavy (non-hydrogen) atoms. The molecule has 0 unspecified atom stereocenters. The molecule has 0 saturated carbocycles. The molecule has 0 atom stereocenters. The summed E-state index contributed by atoms with van der Waals surface area (Å²) in [6.07, 6.45) is 0. The highest BCUT2D eigenvalue weighted by atomic mass is 32.1. The molecule has 0 spiro atoms. The first-order valence-electron chi connectivity index (χ1n) is 4.18. The van der Waals surface area contributed by atoms with Crippen molar-refractivity contribution in [2.45, 2.75) is 0 Å². The van der Waals surface area contributed by atoms with Crippen molar-refractivity contribution in [3.8, 4) is 11.3 Å². The average molecular weight is 221 g/mol. The predicted octanol–water partition coefficient (Wildman–Crippen LogP) is 1.80. The smallest absolute Gasteiger partial charge is 0.335 e. The fourth-order valence-corrected chi connectivity index (χ4v) is 1.80. The van der Waals surface area contributed by atoms with Gasteiger partial charge >= 0.3 is 10.8 Å². The van der Waals surface area contributed by atoms with Crippen LogP contribution in [-0.4, -0.2) is 16.1 Å². The molecule has 0 saturated heterocycles. The van der Waals surface area contributed by atoms with Crippen LogP contribution in [0.3, 0.4) is 0 Å². The molecule has 1 heterocycles. The van der Waals surface area contributed by atoms with Crippen LogP contribution in [-0.2, 0) is 0 Å². The Labute approximate surface area is 88.8 Å². The first-order valence-corrected chi connectivity index (χ1v) is 5.06. The third kappa shape index (κ3) is 1.97. The fourth-order valence-electron chi connectivity index (χ4n) is 1.21. The van der Waals surface area contributed by atoms with Gasteiger partial charge in [0.15, 0.2) is 0 Å². The maximum absolute atomic E-state index is 10.9. The number of aromatic carboxylic acids is 1. The maximum atomic E-state index is 10.9. The zero-order chi connectivity index (χ0) is 10.8. The Morgan fingerprint density at radius 1 is 1.27 bits per heavy atom. The van der Waals surface area contributed by atoms with Gasteiger partial charge in [-0.1, -0.05) is 23.5 Å². The second-order valence-corrected chi connectivity index (χ2v) is 3.79. The van der Waals surface area contributed by atoms with Gasteiger partial charge in [-0.05, 0) is 17.7 Å². The minimum absolute atomic E-state index is 0.118. The topological polar surface area (TPSA) is 70.2 Å². The van der Waals surface area contributed by atoms with Crippen LogP contribution in [0.25, 0.3) is 11.3 Å². The molecule has 5 heteroatoms. The van der Waals surface area contributed by atoms with E-state index in [1.165, 1.54) is 12.1 Å². The minimum Gasteiger partial charge on any atom is -0.478 e. The van der Waals surface area contributed by atoms with E-state index in [1.807, 2.05) is 0 Å². The summed E-state index contributed by atoms with van der Waals surface area (Å²) in [5.41, 5.74) is 1.75. The number of aromatic nitrogens is 1. The van der Waals surface area contributed by atoms with Gasteiger partial charge in [-0.25, -0.2) is 4.79 Å². The van der Waals surface area contributed by atoms with Gasteiger partial charge in [-0.3, -0.25) is 4.79 Å². The van der Waals surface area contributed by atoms with Crippen molar-refractivity contribution in [2.75, 3.05) is 0 Å². The van der Waals surface area contributed by atoms with Crippen LogP contribution in [0.2, 0.25) is 0 Å². The Balaban J connectivity index is 2.39. The molecule has 0 fully saturated rings. The van der Waals surface area contributed by atoms with Crippen molar-refractivity contribution in [1.82, 2.24) is 4.98 Å². The number of hydrogen-bond donors (Lipinski definition) is 2. The normalized spacial score (nSPS) is 10.1. The third-order valence-corrected chi connectivity index (χ3v) is 2.63. The van der Waals surface area contributed by atoms with E-state index in [0.29, 0.717) is 5.69 Å². The lowest BCUT2D eigenvalue weighted by atomic mass is 10.1. The molecular formula is C10H7NO3S. The van der Waals surface area contributed by atoms with Gasteiger partial charge in [-0.15, -0.1) is 0 Å². The van der Waals surface area contributed by atoms with E-state index in [9.17, 15) is 9.59 Å². The summed E-state index contributed by atoms with van der Waals surface area (Å²) >= 11 is 1.08. The Morgan fingerprint density at radius 3 is 2.40 bits per heavy atom. The van der Waals surface area contributed by atoms with E-state index in [0.717, 1.165) is 16.9 Å². The van der Waals surface area contributed by atoms with Gasteiger partial charge in [0.2, 0.25) is 0 Å².